The Kier molecular flexibility index (Phi) is 4.38. The number of carbonyl (C=O) groups is 1. The molecule has 0 spiro atoms. The summed E-state index contributed by atoms with van der Waals surface area (Å²) in [7, 11) is 0. The van der Waals surface area contributed by atoms with E-state index in [9.17, 15) is 4.79 Å². The van der Waals surface area contributed by atoms with Crippen LogP contribution in [0.2, 0.25) is 0 Å². The molecule has 1 amide bonds. The second-order valence-corrected chi connectivity index (χ2v) is 4.91. The molecule has 19 heavy (non-hydrogen) atoms. The molecular weight excluding hydrogens is 302 g/mol. The second kappa shape index (κ2) is 6.21. The van der Waals surface area contributed by atoms with Crippen LogP contribution >= 0.6 is 15.9 Å². The van der Waals surface area contributed by atoms with Crippen molar-refractivity contribution in [2.24, 2.45) is 0 Å². The molecule has 0 radical (unpaired) electrons. The first-order valence-corrected chi connectivity index (χ1v) is 6.58. The van der Waals surface area contributed by atoms with Gasteiger partial charge in [-0.1, -0.05) is 30.2 Å². The van der Waals surface area contributed by atoms with Crippen LogP contribution in [-0.2, 0) is 4.79 Å². The minimum atomic E-state index is -0.324. The van der Waals surface area contributed by atoms with Crippen molar-refractivity contribution in [3.63, 3.8) is 0 Å². The second-order valence-electron chi connectivity index (χ2n) is 4.05. The number of benzene rings is 2. The van der Waals surface area contributed by atoms with Gasteiger partial charge in [0, 0.05) is 16.0 Å². The molecule has 0 aliphatic rings. The van der Waals surface area contributed by atoms with Crippen LogP contribution in [0.1, 0.15) is 11.1 Å². The van der Waals surface area contributed by atoms with Gasteiger partial charge in [0.2, 0.25) is 0 Å². The third-order valence-corrected chi connectivity index (χ3v) is 3.16. The van der Waals surface area contributed by atoms with Crippen molar-refractivity contribution in [3.05, 3.63) is 64.1 Å². The first-order valence-electron chi connectivity index (χ1n) is 5.79. The van der Waals surface area contributed by atoms with Crippen LogP contribution in [0.5, 0.6) is 0 Å². The average Bonchev–Trinajstić information content (AvgIpc) is 2.42. The lowest BCUT2D eigenvalue weighted by molar-refractivity contribution is -0.111. The summed E-state index contributed by atoms with van der Waals surface area (Å²) >= 11 is 3.39. The highest BCUT2D eigenvalue weighted by molar-refractivity contribution is 9.10. The number of aryl methyl sites for hydroxylation is 1. The number of amides is 1. The molecule has 2 rings (SSSR count). The van der Waals surface area contributed by atoms with E-state index in [1.807, 2.05) is 55.5 Å². The van der Waals surface area contributed by atoms with Gasteiger partial charge in [0.25, 0.3) is 0 Å². The third kappa shape index (κ3) is 3.97. The van der Waals surface area contributed by atoms with Gasteiger partial charge in [-0.3, -0.25) is 4.79 Å². The van der Waals surface area contributed by atoms with Crippen molar-refractivity contribution in [3.8, 4) is 11.8 Å². The van der Waals surface area contributed by atoms with E-state index in [-0.39, 0.29) is 5.91 Å². The molecule has 0 saturated heterocycles. The first kappa shape index (κ1) is 13.4. The molecule has 0 unspecified atom stereocenters. The zero-order chi connectivity index (χ0) is 13.7. The van der Waals surface area contributed by atoms with Crippen molar-refractivity contribution in [1.29, 1.82) is 0 Å². The molecule has 0 bridgehead atoms. The SMILES string of the molecule is Cc1ccc(Br)c(NC(=O)C#Cc2ccccc2)c1. The fraction of sp³-hybridized carbons (Fsp3) is 0.0625. The number of hydrogen-bond donors (Lipinski definition) is 1. The summed E-state index contributed by atoms with van der Waals surface area (Å²) in [6, 6.07) is 15.2. The average molecular weight is 314 g/mol. The number of nitrogens with one attached hydrogen (secondary N) is 1. The van der Waals surface area contributed by atoms with Gasteiger partial charge in [0.15, 0.2) is 0 Å². The minimum Gasteiger partial charge on any atom is -0.314 e. The lowest BCUT2D eigenvalue weighted by Gasteiger charge is -2.04. The van der Waals surface area contributed by atoms with Crippen LogP contribution in [0.4, 0.5) is 5.69 Å². The van der Waals surface area contributed by atoms with Crippen molar-refractivity contribution >= 4 is 27.5 Å². The summed E-state index contributed by atoms with van der Waals surface area (Å²) in [6.07, 6.45) is 0. The summed E-state index contributed by atoms with van der Waals surface area (Å²) in [5.41, 5.74) is 2.63. The monoisotopic (exact) mass is 313 g/mol. The van der Waals surface area contributed by atoms with Gasteiger partial charge in [-0.15, -0.1) is 0 Å². The van der Waals surface area contributed by atoms with E-state index >= 15 is 0 Å². The van der Waals surface area contributed by atoms with E-state index in [2.05, 4.69) is 33.1 Å². The van der Waals surface area contributed by atoms with Crippen molar-refractivity contribution < 1.29 is 4.79 Å². The molecule has 2 nitrogen and oxygen atoms in total. The summed E-state index contributed by atoms with van der Waals surface area (Å²) in [5, 5.41) is 2.76. The van der Waals surface area contributed by atoms with E-state index in [0.29, 0.717) is 0 Å². The van der Waals surface area contributed by atoms with Crippen LogP contribution in [0, 0.1) is 18.8 Å². The fourth-order valence-electron chi connectivity index (χ4n) is 1.54. The van der Waals surface area contributed by atoms with Crippen LogP contribution in [0.25, 0.3) is 0 Å². The Morgan fingerprint density at radius 3 is 2.63 bits per heavy atom. The molecule has 2 aromatic carbocycles. The lowest BCUT2D eigenvalue weighted by Crippen LogP contribution is -2.09. The Labute approximate surface area is 121 Å². The molecule has 0 atom stereocenters. The highest BCUT2D eigenvalue weighted by atomic mass is 79.9. The van der Waals surface area contributed by atoms with Crippen LogP contribution < -0.4 is 5.32 Å². The van der Waals surface area contributed by atoms with E-state index in [1.165, 1.54) is 0 Å². The number of hydrogen-bond acceptors (Lipinski definition) is 1. The molecule has 1 N–H and O–H groups in total. The van der Waals surface area contributed by atoms with Crippen LogP contribution in [-0.4, -0.2) is 5.91 Å². The van der Waals surface area contributed by atoms with E-state index < -0.39 is 0 Å². The predicted molar refractivity (Wildman–Crippen MR) is 80.8 cm³/mol. The number of rotatable bonds is 1. The van der Waals surface area contributed by atoms with Crippen molar-refractivity contribution in [2.75, 3.05) is 5.32 Å². The molecular formula is C16H12BrNO. The maximum absolute atomic E-state index is 11.7. The zero-order valence-electron chi connectivity index (χ0n) is 10.4. The smallest absolute Gasteiger partial charge is 0.300 e. The molecule has 2 aromatic rings. The summed E-state index contributed by atoms with van der Waals surface area (Å²) < 4.78 is 0.841. The predicted octanol–water partition coefficient (Wildman–Crippen LogP) is 3.75. The Morgan fingerprint density at radius 2 is 1.89 bits per heavy atom. The van der Waals surface area contributed by atoms with Crippen molar-refractivity contribution in [2.45, 2.75) is 6.92 Å². The van der Waals surface area contributed by atoms with Gasteiger partial charge in [0.05, 0.1) is 5.69 Å². The van der Waals surface area contributed by atoms with Gasteiger partial charge in [0.1, 0.15) is 0 Å². The first-order chi connectivity index (χ1) is 9.15. The summed E-state index contributed by atoms with van der Waals surface area (Å²) in [4.78, 5) is 11.7. The van der Waals surface area contributed by atoms with Gasteiger partial charge in [-0.2, -0.15) is 0 Å². The zero-order valence-corrected chi connectivity index (χ0v) is 12.0. The maximum Gasteiger partial charge on any atom is 0.300 e. The fourth-order valence-corrected chi connectivity index (χ4v) is 1.88. The Morgan fingerprint density at radius 1 is 1.16 bits per heavy atom. The lowest BCUT2D eigenvalue weighted by atomic mass is 10.2. The molecule has 94 valence electrons. The Balaban J connectivity index is 2.10. The molecule has 0 aliphatic carbocycles. The Bertz CT molecular complexity index is 653. The third-order valence-electron chi connectivity index (χ3n) is 2.46. The van der Waals surface area contributed by atoms with E-state index in [1.54, 1.807) is 0 Å². The standard InChI is InChI=1S/C16H12BrNO/c1-12-7-9-14(17)15(11-12)18-16(19)10-8-13-5-3-2-4-6-13/h2-7,9,11H,1H3,(H,18,19). The van der Waals surface area contributed by atoms with E-state index in [4.69, 9.17) is 0 Å². The number of halogens is 1. The van der Waals surface area contributed by atoms with E-state index in [0.717, 1.165) is 21.3 Å². The molecule has 3 heteroatoms. The highest BCUT2D eigenvalue weighted by Gasteiger charge is 2.02. The van der Waals surface area contributed by atoms with Crippen LogP contribution in [0.15, 0.2) is 53.0 Å². The molecule has 0 heterocycles. The van der Waals surface area contributed by atoms with Gasteiger partial charge >= 0.3 is 5.91 Å². The van der Waals surface area contributed by atoms with Crippen molar-refractivity contribution in [1.82, 2.24) is 0 Å². The summed E-state index contributed by atoms with van der Waals surface area (Å²) in [6.45, 7) is 1.97. The Hall–Kier alpha value is -2.05. The normalized spacial score (nSPS) is 9.37. The summed E-state index contributed by atoms with van der Waals surface area (Å²) in [5.74, 6) is 5.07. The highest BCUT2D eigenvalue weighted by Crippen LogP contribution is 2.23. The molecule has 0 saturated carbocycles. The molecule has 0 aromatic heterocycles. The number of carbonyl (C=O) groups excluding carboxylic acids is 1. The quantitative estimate of drug-likeness (QED) is 0.798. The molecule has 0 fully saturated rings. The maximum atomic E-state index is 11.7. The molecule has 0 aliphatic heterocycles. The number of anilines is 1. The van der Waals surface area contributed by atoms with Gasteiger partial charge in [-0.05, 0) is 52.7 Å². The minimum absolute atomic E-state index is 0.324. The van der Waals surface area contributed by atoms with Gasteiger partial charge in [-0.25, -0.2) is 0 Å². The topological polar surface area (TPSA) is 29.1 Å². The largest absolute Gasteiger partial charge is 0.314 e. The van der Waals surface area contributed by atoms with Crippen LogP contribution in [0.3, 0.4) is 0 Å². The van der Waals surface area contributed by atoms with Gasteiger partial charge < -0.3 is 5.32 Å².